The Balaban J connectivity index is 0.000000224. The van der Waals surface area contributed by atoms with Gasteiger partial charge in [0.25, 0.3) is 0 Å². The van der Waals surface area contributed by atoms with E-state index in [0.29, 0.717) is 5.56 Å². The molecule has 9 nitrogen and oxygen atoms in total. The standard InChI is InChI=1S/C34H40N2O3.C33H39NO3S/c1-33(2)18-19-34(3,4)31-28(33)20-26(30(37)17-12-23-8-13-25(14-9-23)32(38)39)21-29(31)36(7)22-24-10-15-27(16-11-24)35(5)6;1-32(2)17-18-33(3,4)30-27(32)19-25(28(35)16-11-22-7-12-24(13-8-22)31(36)37)20-29(30)38-21-23-9-14-26(15-10-23)34(5)6/h8-11,13-16,20-21,30,37H,18-19,22H2,1-7H3,(H,38,39);7-16,19-20,28,35H,17-18,21H2,1-6H3,(H,36,37). The third-order valence-corrected chi connectivity index (χ3v) is 16.8. The fraction of sp³-hybridized carbons (Fsp3) is 0.373. The number of hydrogen-bond acceptors (Lipinski definition) is 8. The zero-order chi connectivity index (χ0) is 56.2. The number of hydrogen-bond donors (Lipinski definition) is 4. The number of aromatic carboxylic acids is 2. The van der Waals surface area contributed by atoms with Gasteiger partial charge in [-0.25, -0.2) is 9.59 Å². The molecule has 0 spiro atoms. The monoisotopic (exact) mass is 1050 g/mol. The third kappa shape index (κ3) is 13.9. The molecular formula is C67H79N3O6S. The smallest absolute Gasteiger partial charge is 0.335 e. The highest BCUT2D eigenvalue weighted by Gasteiger charge is 2.41. The van der Waals surface area contributed by atoms with Crippen molar-refractivity contribution >= 4 is 46.8 Å². The van der Waals surface area contributed by atoms with Crippen LogP contribution in [0, 0.1) is 11.8 Å². The van der Waals surface area contributed by atoms with Gasteiger partial charge in [0.15, 0.2) is 0 Å². The normalized spacial score (nSPS) is 16.3. The Kier molecular flexibility index (Phi) is 17.6. The largest absolute Gasteiger partial charge is 0.478 e. The third-order valence-electron chi connectivity index (χ3n) is 15.7. The lowest BCUT2D eigenvalue weighted by Gasteiger charge is -2.44. The van der Waals surface area contributed by atoms with Crippen LogP contribution in [0.15, 0.2) is 132 Å². The molecule has 4 N–H and O–H groups in total. The first kappa shape index (κ1) is 57.9. The van der Waals surface area contributed by atoms with Gasteiger partial charge in [-0.15, -0.1) is 11.8 Å². The molecule has 6 aromatic rings. The Morgan fingerprint density at radius 3 is 1.57 bits per heavy atom. The number of nitrogens with zero attached hydrogens (tertiary/aromatic N) is 3. The molecule has 2 aliphatic carbocycles. The van der Waals surface area contributed by atoms with Crippen LogP contribution in [0.4, 0.5) is 17.1 Å². The number of carboxylic acid groups (broad SMARTS) is 2. The number of aliphatic hydroxyl groups is 2. The van der Waals surface area contributed by atoms with Crippen molar-refractivity contribution in [1.82, 2.24) is 0 Å². The minimum absolute atomic E-state index is 0.00424. The highest BCUT2D eigenvalue weighted by Crippen LogP contribution is 2.52. The van der Waals surface area contributed by atoms with Crippen LogP contribution < -0.4 is 14.7 Å². The lowest BCUT2D eigenvalue weighted by atomic mass is 9.62. The molecule has 10 heteroatoms. The summed E-state index contributed by atoms with van der Waals surface area (Å²) in [5, 5.41) is 40.7. The predicted molar refractivity (Wildman–Crippen MR) is 319 cm³/mol. The highest BCUT2D eigenvalue weighted by molar-refractivity contribution is 7.98. The summed E-state index contributed by atoms with van der Waals surface area (Å²) < 4.78 is 0. The van der Waals surface area contributed by atoms with Gasteiger partial charge in [-0.2, -0.15) is 0 Å². The molecule has 2 atom stereocenters. The Morgan fingerprint density at radius 2 is 1.05 bits per heavy atom. The second kappa shape index (κ2) is 23.5. The second-order valence-electron chi connectivity index (χ2n) is 24.0. The van der Waals surface area contributed by atoms with Gasteiger partial charge in [-0.1, -0.05) is 128 Å². The number of rotatable bonds is 14. The van der Waals surface area contributed by atoms with Crippen molar-refractivity contribution in [1.29, 1.82) is 0 Å². The summed E-state index contributed by atoms with van der Waals surface area (Å²) in [6.45, 7) is 19.3. The van der Waals surface area contributed by atoms with Crippen LogP contribution in [0.3, 0.4) is 0 Å². The summed E-state index contributed by atoms with van der Waals surface area (Å²) in [6.07, 6.45) is 6.31. The molecule has 0 heterocycles. The molecule has 0 saturated carbocycles. The maximum absolute atomic E-state index is 11.2. The number of benzene rings is 6. The number of carbonyl (C=O) groups is 2. The van der Waals surface area contributed by atoms with E-state index in [-0.39, 0.29) is 32.8 Å². The van der Waals surface area contributed by atoms with E-state index in [4.69, 9.17) is 10.2 Å². The molecule has 6 aromatic carbocycles. The first-order chi connectivity index (χ1) is 36.2. The van der Waals surface area contributed by atoms with E-state index >= 15 is 0 Å². The summed E-state index contributed by atoms with van der Waals surface area (Å²) in [7, 11) is 10.3. The molecule has 0 aliphatic heterocycles. The molecule has 0 radical (unpaired) electrons. The van der Waals surface area contributed by atoms with E-state index in [1.807, 2.05) is 31.9 Å². The number of fused-ring (bicyclic) bond motifs is 2. The van der Waals surface area contributed by atoms with Gasteiger partial charge in [-0.3, -0.25) is 0 Å². The SMILES string of the molecule is CN(C)c1ccc(CN(C)c2cc(C(O)C#Cc3ccc(C(=O)O)cc3)cc3c2C(C)(C)CCC3(C)C)cc1.CN(C)c1ccc(CSc2cc(C(O)C=Cc3ccc(C(=O)O)cc3)cc3c2C(C)(C)CCC3(C)C)cc1. The summed E-state index contributed by atoms with van der Waals surface area (Å²) >= 11 is 1.85. The maximum Gasteiger partial charge on any atom is 0.335 e. The van der Waals surface area contributed by atoms with Crippen molar-refractivity contribution in [3.8, 4) is 11.8 Å². The van der Waals surface area contributed by atoms with E-state index in [9.17, 15) is 19.8 Å². The number of anilines is 3. The van der Waals surface area contributed by atoms with Crippen LogP contribution in [-0.2, 0) is 34.0 Å². The fourth-order valence-electron chi connectivity index (χ4n) is 10.6. The molecule has 8 rings (SSSR count). The van der Waals surface area contributed by atoms with E-state index in [0.717, 1.165) is 60.4 Å². The van der Waals surface area contributed by atoms with Crippen LogP contribution in [0.1, 0.15) is 170 Å². The number of aliphatic hydroxyl groups excluding tert-OH is 2. The quantitative estimate of drug-likeness (QED) is 0.0619. The van der Waals surface area contributed by atoms with Gasteiger partial charge in [-0.05, 0) is 170 Å². The summed E-state index contributed by atoms with van der Waals surface area (Å²) in [6, 6.07) is 39.0. The van der Waals surface area contributed by atoms with Crippen LogP contribution in [0.2, 0.25) is 0 Å². The number of carboxylic acids is 2. The van der Waals surface area contributed by atoms with Crippen molar-refractivity contribution in [3.05, 3.63) is 194 Å². The summed E-state index contributed by atoms with van der Waals surface area (Å²) in [5.41, 5.74) is 15.1. The zero-order valence-electron chi connectivity index (χ0n) is 47.5. The Bertz CT molecular complexity index is 3160. The molecular weight excluding hydrogens is 975 g/mol. The Labute approximate surface area is 462 Å². The van der Waals surface area contributed by atoms with Crippen molar-refractivity contribution in [2.45, 2.75) is 132 Å². The zero-order valence-corrected chi connectivity index (χ0v) is 48.3. The summed E-state index contributed by atoms with van der Waals surface area (Å²) in [4.78, 5) is 30.0. The van der Waals surface area contributed by atoms with Crippen molar-refractivity contribution in [2.24, 2.45) is 0 Å². The van der Waals surface area contributed by atoms with Crippen LogP contribution in [-0.4, -0.2) is 67.6 Å². The molecule has 77 heavy (non-hydrogen) atoms. The lowest BCUT2D eigenvalue weighted by molar-refractivity contribution is 0.0686. The van der Waals surface area contributed by atoms with E-state index in [1.165, 1.54) is 61.8 Å². The van der Waals surface area contributed by atoms with Crippen LogP contribution in [0.5, 0.6) is 0 Å². The molecule has 0 amide bonds. The Hall–Kier alpha value is -6.77. The number of thioether (sulfide) groups is 1. The molecule has 404 valence electrons. The molecule has 0 aromatic heterocycles. The Morgan fingerprint density at radius 1 is 0.584 bits per heavy atom. The molecule has 0 fully saturated rings. The van der Waals surface area contributed by atoms with Gasteiger partial charge in [0, 0.05) is 75.1 Å². The van der Waals surface area contributed by atoms with Gasteiger partial charge >= 0.3 is 11.9 Å². The minimum atomic E-state index is -0.973. The average Bonchev–Trinajstić information content (AvgIpc) is 3.39. The first-order valence-electron chi connectivity index (χ1n) is 26.6. The van der Waals surface area contributed by atoms with Crippen molar-refractivity contribution < 1.29 is 30.0 Å². The van der Waals surface area contributed by atoms with Crippen LogP contribution >= 0.6 is 11.8 Å². The average molecular weight is 1050 g/mol. The lowest BCUT2D eigenvalue weighted by Crippen LogP contribution is -2.36. The van der Waals surface area contributed by atoms with E-state index in [2.05, 4.69) is 176 Å². The van der Waals surface area contributed by atoms with E-state index < -0.39 is 24.1 Å². The minimum Gasteiger partial charge on any atom is -0.478 e. The van der Waals surface area contributed by atoms with Crippen molar-refractivity contribution in [3.63, 3.8) is 0 Å². The highest BCUT2D eigenvalue weighted by atomic mass is 32.2. The molecule has 0 saturated heterocycles. The van der Waals surface area contributed by atoms with Gasteiger partial charge in [0.2, 0.25) is 0 Å². The van der Waals surface area contributed by atoms with Gasteiger partial charge in [0.05, 0.1) is 17.2 Å². The van der Waals surface area contributed by atoms with Crippen LogP contribution in [0.25, 0.3) is 6.08 Å². The molecule has 2 aliphatic rings. The predicted octanol–water partition coefficient (Wildman–Crippen LogP) is 14.4. The van der Waals surface area contributed by atoms with E-state index in [1.54, 1.807) is 42.5 Å². The second-order valence-corrected chi connectivity index (χ2v) is 25.0. The topological polar surface area (TPSA) is 125 Å². The fourth-order valence-corrected chi connectivity index (χ4v) is 11.8. The molecule has 0 bridgehead atoms. The molecule has 2 unspecified atom stereocenters. The van der Waals surface area contributed by atoms with Crippen molar-refractivity contribution in [2.75, 3.05) is 49.9 Å². The van der Waals surface area contributed by atoms with Gasteiger partial charge < -0.3 is 35.1 Å². The summed E-state index contributed by atoms with van der Waals surface area (Å²) in [5.74, 6) is 4.95. The first-order valence-corrected chi connectivity index (χ1v) is 27.6. The maximum atomic E-state index is 11.2. The van der Waals surface area contributed by atoms with Gasteiger partial charge in [0.1, 0.15) is 6.10 Å².